The molecule has 2 aliphatic rings. The second-order valence-electron chi connectivity index (χ2n) is 8.33. The summed E-state index contributed by atoms with van der Waals surface area (Å²) < 4.78 is 68.1. The number of halogens is 3. The van der Waals surface area contributed by atoms with Crippen molar-refractivity contribution >= 4 is 33.4 Å². The van der Waals surface area contributed by atoms with Crippen molar-refractivity contribution in [3.63, 3.8) is 0 Å². The summed E-state index contributed by atoms with van der Waals surface area (Å²) in [4.78, 5) is 40.0. The molecule has 0 saturated carbocycles. The van der Waals surface area contributed by atoms with Gasteiger partial charge in [-0.3, -0.25) is 19.3 Å². The van der Waals surface area contributed by atoms with Crippen LogP contribution in [0.15, 0.2) is 23.1 Å². The number of hydrogen-bond acceptors (Lipinski definition) is 6. The van der Waals surface area contributed by atoms with Crippen LogP contribution in [0.3, 0.4) is 0 Å². The zero-order valence-corrected chi connectivity index (χ0v) is 19.4. The summed E-state index contributed by atoms with van der Waals surface area (Å²) in [6, 6.07) is 0.166. The van der Waals surface area contributed by atoms with E-state index in [1.807, 2.05) is 4.72 Å². The van der Waals surface area contributed by atoms with Crippen LogP contribution in [0.2, 0.25) is 0 Å². The van der Waals surface area contributed by atoms with Gasteiger partial charge in [-0.05, 0) is 38.1 Å². The standard InChI is InChI=1S/C20H26F3N5O5S/c1-12-13(28-8-4-7-16(28)29)5-3-6-14(12)34(32,33)25-17(18(24)30)19(31)27-10-9-26(2)15(11-27)20(21,22)23/h3,5-6,15,17,25H,4,7-11H2,1-2H3,(H2,24,30)/t15?,17-/m0/s1. The van der Waals surface area contributed by atoms with Crippen LogP contribution >= 0.6 is 0 Å². The van der Waals surface area contributed by atoms with E-state index in [1.54, 1.807) is 6.07 Å². The molecule has 2 fully saturated rings. The van der Waals surface area contributed by atoms with E-state index in [2.05, 4.69) is 0 Å². The Hall–Kier alpha value is -2.71. The lowest BCUT2D eigenvalue weighted by molar-refractivity contribution is -0.194. The fourth-order valence-electron chi connectivity index (χ4n) is 4.15. The Labute approximate surface area is 194 Å². The number of carbonyl (C=O) groups is 3. The number of alkyl halides is 3. The van der Waals surface area contributed by atoms with Crippen LogP contribution in [0.25, 0.3) is 0 Å². The molecule has 1 aromatic rings. The molecule has 34 heavy (non-hydrogen) atoms. The highest BCUT2D eigenvalue weighted by Crippen LogP contribution is 2.30. The molecule has 2 heterocycles. The molecule has 14 heteroatoms. The monoisotopic (exact) mass is 505 g/mol. The normalized spacial score (nSPS) is 21.1. The smallest absolute Gasteiger partial charge is 0.368 e. The van der Waals surface area contributed by atoms with Gasteiger partial charge in [-0.15, -0.1) is 0 Å². The zero-order valence-electron chi connectivity index (χ0n) is 18.6. The third-order valence-electron chi connectivity index (χ3n) is 6.05. The molecular formula is C20H26F3N5O5S. The minimum Gasteiger partial charge on any atom is -0.368 e. The number of nitrogens with two attached hydrogens (primary N) is 1. The van der Waals surface area contributed by atoms with Crippen molar-refractivity contribution in [3.05, 3.63) is 23.8 Å². The highest BCUT2D eigenvalue weighted by atomic mass is 32.2. The van der Waals surface area contributed by atoms with Crippen molar-refractivity contribution in [2.45, 2.75) is 42.9 Å². The molecule has 3 N–H and O–H groups in total. The largest absolute Gasteiger partial charge is 0.405 e. The molecule has 3 rings (SSSR count). The molecule has 0 spiro atoms. The first-order chi connectivity index (χ1) is 15.7. The average molecular weight is 506 g/mol. The SMILES string of the molecule is Cc1c(N2CCCC2=O)cccc1S(=O)(=O)N[C@@H](C(N)=O)C(=O)N1CCN(C)C(C(F)(F)F)C1. The number of primary amides is 1. The number of nitrogens with one attached hydrogen (secondary N) is 1. The van der Waals surface area contributed by atoms with Gasteiger partial charge >= 0.3 is 6.18 Å². The van der Waals surface area contributed by atoms with Crippen molar-refractivity contribution in [1.29, 1.82) is 0 Å². The lowest BCUT2D eigenvalue weighted by atomic mass is 10.1. The molecule has 2 saturated heterocycles. The molecule has 0 aromatic heterocycles. The van der Waals surface area contributed by atoms with E-state index in [-0.39, 0.29) is 29.5 Å². The summed E-state index contributed by atoms with van der Waals surface area (Å²) in [5.41, 5.74) is 5.86. The summed E-state index contributed by atoms with van der Waals surface area (Å²) in [7, 11) is -3.25. The molecule has 2 atom stereocenters. The molecule has 188 valence electrons. The number of sulfonamides is 1. The Morgan fingerprint density at radius 1 is 1.21 bits per heavy atom. The van der Waals surface area contributed by atoms with Crippen molar-refractivity contribution in [2.24, 2.45) is 5.73 Å². The Bertz CT molecular complexity index is 1090. The molecule has 1 unspecified atom stereocenters. The number of likely N-dealkylation sites (N-methyl/N-ethyl adjacent to an activating group) is 1. The first-order valence-electron chi connectivity index (χ1n) is 10.5. The van der Waals surface area contributed by atoms with Gasteiger partial charge in [0.25, 0.3) is 5.91 Å². The summed E-state index contributed by atoms with van der Waals surface area (Å²) in [6.07, 6.45) is -3.67. The summed E-state index contributed by atoms with van der Waals surface area (Å²) in [5, 5.41) is 0. The third-order valence-corrected chi connectivity index (χ3v) is 7.62. The molecule has 0 aliphatic carbocycles. The van der Waals surface area contributed by atoms with E-state index in [0.29, 0.717) is 25.1 Å². The highest BCUT2D eigenvalue weighted by Gasteiger charge is 2.47. The van der Waals surface area contributed by atoms with Crippen molar-refractivity contribution in [1.82, 2.24) is 14.5 Å². The van der Waals surface area contributed by atoms with Gasteiger partial charge in [-0.2, -0.15) is 17.9 Å². The van der Waals surface area contributed by atoms with Crippen LogP contribution in [-0.2, 0) is 24.4 Å². The van der Waals surface area contributed by atoms with Crippen LogP contribution < -0.4 is 15.4 Å². The number of amides is 3. The lowest BCUT2D eigenvalue weighted by Gasteiger charge is -2.40. The molecule has 0 radical (unpaired) electrons. The molecule has 1 aromatic carbocycles. The van der Waals surface area contributed by atoms with E-state index in [9.17, 15) is 36.0 Å². The quantitative estimate of drug-likeness (QED) is 0.522. The molecule has 10 nitrogen and oxygen atoms in total. The molecule has 2 aliphatic heterocycles. The minimum absolute atomic E-state index is 0.126. The Kier molecular flexibility index (Phi) is 7.24. The van der Waals surface area contributed by atoms with Crippen LogP contribution in [0, 0.1) is 6.92 Å². The lowest BCUT2D eigenvalue weighted by Crippen LogP contribution is -2.63. The van der Waals surface area contributed by atoms with Crippen LogP contribution in [0.4, 0.5) is 18.9 Å². The van der Waals surface area contributed by atoms with Crippen molar-refractivity contribution in [2.75, 3.05) is 38.1 Å². The Morgan fingerprint density at radius 3 is 2.44 bits per heavy atom. The van der Waals surface area contributed by atoms with Crippen LogP contribution in [0.5, 0.6) is 0 Å². The van der Waals surface area contributed by atoms with Gasteiger partial charge in [0.15, 0.2) is 6.04 Å². The number of anilines is 1. The first-order valence-corrected chi connectivity index (χ1v) is 12.0. The fraction of sp³-hybridized carbons (Fsp3) is 0.550. The maximum absolute atomic E-state index is 13.3. The van der Waals surface area contributed by atoms with Crippen LogP contribution in [0.1, 0.15) is 18.4 Å². The van der Waals surface area contributed by atoms with Gasteiger partial charge in [-0.1, -0.05) is 6.07 Å². The fourth-order valence-corrected chi connectivity index (χ4v) is 5.57. The number of hydrogen-bond donors (Lipinski definition) is 2. The van der Waals surface area contributed by atoms with Gasteiger partial charge in [0.2, 0.25) is 21.8 Å². The second-order valence-corrected chi connectivity index (χ2v) is 10.0. The van der Waals surface area contributed by atoms with Gasteiger partial charge in [0.1, 0.15) is 6.04 Å². The predicted octanol–water partition coefficient (Wildman–Crippen LogP) is -0.0411. The maximum atomic E-state index is 13.3. The van der Waals surface area contributed by atoms with E-state index in [4.69, 9.17) is 5.73 Å². The van der Waals surface area contributed by atoms with E-state index < -0.39 is 46.6 Å². The Balaban J connectivity index is 1.86. The van der Waals surface area contributed by atoms with Crippen molar-refractivity contribution in [3.8, 4) is 0 Å². The number of benzene rings is 1. The number of carbonyl (C=O) groups excluding carboxylic acids is 3. The topological polar surface area (TPSA) is 133 Å². The van der Waals surface area contributed by atoms with E-state index in [1.165, 1.54) is 31.0 Å². The summed E-state index contributed by atoms with van der Waals surface area (Å²) in [5.74, 6) is -2.67. The molecular weight excluding hydrogens is 479 g/mol. The predicted molar refractivity (Wildman–Crippen MR) is 115 cm³/mol. The van der Waals surface area contributed by atoms with E-state index in [0.717, 1.165) is 9.80 Å². The summed E-state index contributed by atoms with van der Waals surface area (Å²) in [6.45, 7) is 0.863. The number of piperazine rings is 1. The van der Waals surface area contributed by atoms with Gasteiger partial charge in [-0.25, -0.2) is 8.42 Å². The van der Waals surface area contributed by atoms with Gasteiger partial charge in [0, 0.05) is 38.3 Å². The summed E-state index contributed by atoms with van der Waals surface area (Å²) >= 11 is 0. The second kappa shape index (κ2) is 9.50. The van der Waals surface area contributed by atoms with Gasteiger partial charge in [0.05, 0.1) is 4.90 Å². The number of rotatable bonds is 6. The zero-order chi connectivity index (χ0) is 25.4. The van der Waals surface area contributed by atoms with Gasteiger partial charge < -0.3 is 15.5 Å². The van der Waals surface area contributed by atoms with Crippen molar-refractivity contribution < 1.29 is 36.0 Å². The Morgan fingerprint density at radius 2 is 1.88 bits per heavy atom. The first kappa shape index (κ1) is 25.9. The molecule has 0 bridgehead atoms. The molecule has 3 amide bonds. The van der Waals surface area contributed by atoms with E-state index >= 15 is 0 Å². The maximum Gasteiger partial charge on any atom is 0.405 e. The minimum atomic E-state index is -4.63. The third kappa shape index (κ3) is 5.18. The highest BCUT2D eigenvalue weighted by molar-refractivity contribution is 7.89. The average Bonchev–Trinajstić information content (AvgIpc) is 3.16. The van der Waals surface area contributed by atoms with Crippen LogP contribution in [-0.4, -0.2) is 87.4 Å². The number of nitrogens with zero attached hydrogens (tertiary/aromatic N) is 3.